The number of aliphatic carboxylic acids is 1. The Morgan fingerprint density at radius 1 is 1.30 bits per heavy atom. The topological polar surface area (TPSA) is 152 Å². The first kappa shape index (κ1) is 32.6. The number of carboxylic acids is 1. The Bertz CT molecular complexity index is 64.0. The number of rotatable bonds is 1. The normalized spacial score (nSPS) is 8.20. The molecular weight excluding hydrogens is 197 g/mol. The molecule has 0 fully saturated rings. The van der Waals surface area contributed by atoms with Crippen LogP contribution in [-0.4, -0.2) is 38.7 Å². The third kappa shape index (κ3) is 24.6. The Labute approximate surface area is 70.5 Å². The van der Waals surface area contributed by atoms with Crippen LogP contribution in [0.4, 0.5) is 0 Å². The smallest absolute Gasteiger partial charge is 0.332 e. The fourth-order valence-corrected chi connectivity index (χ4v) is 0. The van der Waals surface area contributed by atoms with Crippen LogP contribution in [0.5, 0.6) is 0 Å². The molecule has 0 aliphatic heterocycles. The molecule has 0 aliphatic carbocycles. The van der Waals surface area contributed by atoms with E-state index in [4.69, 9.17) is 10.2 Å². The Morgan fingerprint density at radius 2 is 1.40 bits per heavy atom. The van der Waals surface area contributed by atoms with E-state index in [1.807, 2.05) is 0 Å². The van der Waals surface area contributed by atoms with Crippen molar-refractivity contribution in [3.05, 3.63) is 0 Å². The number of aliphatic hydroxyl groups is 1. The first-order valence-electron chi connectivity index (χ1n) is 1.55. The van der Waals surface area contributed by atoms with Crippen molar-refractivity contribution in [1.82, 2.24) is 0 Å². The van der Waals surface area contributed by atoms with Crippen molar-refractivity contribution in [3.63, 3.8) is 0 Å². The van der Waals surface area contributed by atoms with Crippen molar-refractivity contribution in [1.29, 1.82) is 0 Å². The van der Waals surface area contributed by atoms with Crippen LogP contribution in [0.15, 0.2) is 0 Å². The number of hydrogen-bond acceptors (Lipinski definition) is 2. The molecule has 0 aromatic heterocycles. The Hall–Kier alpha value is -0.0666. The van der Waals surface area contributed by atoms with Crippen molar-refractivity contribution in [2.75, 3.05) is 0 Å². The van der Waals surface area contributed by atoms with Crippen molar-refractivity contribution in [2.24, 2.45) is 0 Å². The SMILES string of the molecule is CC(O)C(=O)O.O.O.O.[Zn]. The molecule has 0 amide bonds. The molecule has 6 nitrogen and oxygen atoms in total. The fourth-order valence-electron chi connectivity index (χ4n) is 0. The molecule has 0 heterocycles. The predicted octanol–water partition coefficient (Wildman–Crippen LogP) is -3.02. The van der Waals surface area contributed by atoms with Gasteiger partial charge in [0.1, 0.15) is 6.10 Å². The minimum atomic E-state index is -1.23. The molecule has 0 aromatic rings. The van der Waals surface area contributed by atoms with Gasteiger partial charge in [-0.1, -0.05) is 0 Å². The standard InChI is InChI=1S/C3H6O3.3H2O.Zn/c1-2(4)3(5)6;;;;/h2,4H,1H3,(H,5,6);3*1H2;. The van der Waals surface area contributed by atoms with Crippen molar-refractivity contribution in [3.8, 4) is 0 Å². The molecule has 0 bridgehead atoms. The molecule has 62 valence electrons. The van der Waals surface area contributed by atoms with Crippen LogP contribution in [0.25, 0.3) is 0 Å². The van der Waals surface area contributed by atoms with Gasteiger partial charge in [0.2, 0.25) is 0 Å². The summed E-state index contributed by atoms with van der Waals surface area (Å²) < 4.78 is 0. The molecule has 7 heteroatoms. The van der Waals surface area contributed by atoms with E-state index in [0.717, 1.165) is 0 Å². The van der Waals surface area contributed by atoms with Gasteiger partial charge in [-0.2, -0.15) is 0 Å². The Kier molecular flexibility index (Phi) is 52.0. The van der Waals surface area contributed by atoms with E-state index >= 15 is 0 Å². The number of carbonyl (C=O) groups is 1. The molecule has 0 saturated carbocycles. The maximum absolute atomic E-state index is 9.45. The zero-order chi connectivity index (χ0) is 5.15. The maximum atomic E-state index is 9.45. The summed E-state index contributed by atoms with van der Waals surface area (Å²) in [5.41, 5.74) is 0. The number of hydrogen-bond donors (Lipinski definition) is 2. The Morgan fingerprint density at radius 3 is 1.40 bits per heavy atom. The Balaban J connectivity index is -0.0000000208. The van der Waals surface area contributed by atoms with Crippen LogP contribution in [0, 0.1) is 0 Å². The van der Waals surface area contributed by atoms with Crippen LogP contribution < -0.4 is 0 Å². The van der Waals surface area contributed by atoms with Gasteiger partial charge in [0.15, 0.2) is 0 Å². The van der Waals surface area contributed by atoms with Crippen LogP contribution in [0.2, 0.25) is 0 Å². The number of aliphatic hydroxyl groups excluding tert-OH is 1. The third-order valence-electron chi connectivity index (χ3n) is 0.357. The summed E-state index contributed by atoms with van der Waals surface area (Å²) in [6, 6.07) is 0. The minimum absolute atomic E-state index is 0. The van der Waals surface area contributed by atoms with Gasteiger partial charge in [-0.25, -0.2) is 4.79 Å². The van der Waals surface area contributed by atoms with Crippen molar-refractivity contribution >= 4 is 5.97 Å². The quantitative estimate of drug-likeness (QED) is 0.442. The zero-order valence-electron chi connectivity index (χ0n) is 5.59. The van der Waals surface area contributed by atoms with Crippen molar-refractivity contribution < 1.29 is 50.9 Å². The fraction of sp³-hybridized carbons (Fsp3) is 0.667. The second kappa shape index (κ2) is 16.0. The first-order chi connectivity index (χ1) is 2.64. The molecule has 0 aromatic carbocycles. The molecule has 0 saturated heterocycles. The largest absolute Gasteiger partial charge is 0.479 e. The number of carboxylic acid groups (broad SMARTS) is 1. The van der Waals surface area contributed by atoms with Gasteiger partial charge in [-0.15, -0.1) is 0 Å². The molecule has 0 spiro atoms. The summed E-state index contributed by atoms with van der Waals surface area (Å²) in [5.74, 6) is -1.19. The second-order valence-corrected chi connectivity index (χ2v) is 1.01. The molecule has 10 heavy (non-hydrogen) atoms. The van der Waals surface area contributed by atoms with Crippen LogP contribution in [-0.2, 0) is 24.3 Å². The van der Waals surface area contributed by atoms with E-state index in [0.29, 0.717) is 0 Å². The van der Waals surface area contributed by atoms with E-state index in [1.54, 1.807) is 0 Å². The van der Waals surface area contributed by atoms with Gasteiger partial charge in [-0.05, 0) is 6.92 Å². The van der Waals surface area contributed by atoms with E-state index in [-0.39, 0.29) is 35.9 Å². The minimum Gasteiger partial charge on any atom is -0.479 e. The van der Waals surface area contributed by atoms with Crippen LogP contribution >= 0.6 is 0 Å². The molecule has 0 aliphatic rings. The van der Waals surface area contributed by atoms with E-state index in [9.17, 15) is 4.79 Å². The summed E-state index contributed by atoms with van der Waals surface area (Å²) >= 11 is 0. The van der Waals surface area contributed by atoms with Gasteiger partial charge in [0, 0.05) is 19.5 Å². The second-order valence-electron chi connectivity index (χ2n) is 1.01. The molecule has 8 N–H and O–H groups in total. The average Bonchev–Trinajstić information content (AvgIpc) is 1.36. The van der Waals surface area contributed by atoms with Gasteiger partial charge < -0.3 is 26.6 Å². The summed E-state index contributed by atoms with van der Waals surface area (Å²) in [6.45, 7) is 1.20. The molecule has 0 rings (SSSR count). The molecule has 1 atom stereocenters. The van der Waals surface area contributed by atoms with Crippen LogP contribution in [0.1, 0.15) is 6.92 Å². The monoisotopic (exact) mass is 208 g/mol. The van der Waals surface area contributed by atoms with Gasteiger partial charge >= 0.3 is 5.97 Å². The average molecular weight is 210 g/mol. The van der Waals surface area contributed by atoms with Gasteiger partial charge in [0.25, 0.3) is 0 Å². The van der Waals surface area contributed by atoms with Crippen molar-refractivity contribution in [2.45, 2.75) is 13.0 Å². The molecular formula is C3H12O6Zn. The van der Waals surface area contributed by atoms with E-state index in [1.165, 1.54) is 6.92 Å². The van der Waals surface area contributed by atoms with E-state index in [2.05, 4.69) is 0 Å². The maximum Gasteiger partial charge on any atom is 0.332 e. The summed E-state index contributed by atoms with van der Waals surface area (Å²) in [6.07, 6.45) is -1.23. The summed E-state index contributed by atoms with van der Waals surface area (Å²) in [4.78, 5) is 9.45. The van der Waals surface area contributed by atoms with Crippen LogP contribution in [0.3, 0.4) is 0 Å². The predicted molar refractivity (Wildman–Crippen MR) is 30.2 cm³/mol. The van der Waals surface area contributed by atoms with Gasteiger partial charge in [-0.3, -0.25) is 0 Å². The zero-order valence-corrected chi connectivity index (χ0v) is 8.55. The van der Waals surface area contributed by atoms with E-state index < -0.39 is 12.1 Å². The van der Waals surface area contributed by atoms with Gasteiger partial charge in [0.05, 0.1) is 0 Å². The summed E-state index contributed by atoms with van der Waals surface area (Å²) in [7, 11) is 0. The summed E-state index contributed by atoms with van der Waals surface area (Å²) in [5, 5.41) is 15.8. The third-order valence-corrected chi connectivity index (χ3v) is 0.357. The molecule has 1 unspecified atom stereocenters. The molecule has 0 radical (unpaired) electrons. The first-order valence-corrected chi connectivity index (χ1v) is 1.55.